The lowest BCUT2D eigenvalue weighted by Gasteiger charge is -2.40. The number of nitriles is 1. The molecule has 2 atom stereocenters. The zero-order valence-electron chi connectivity index (χ0n) is 23.9. The summed E-state index contributed by atoms with van der Waals surface area (Å²) in [5.41, 5.74) is -1.16. The summed E-state index contributed by atoms with van der Waals surface area (Å²) in [6.45, 7) is 2.14. The van der Waals surface area contributed by atoms with Crippen molar-refractivity contribution in [1.29, 1.82) is 5.26 Å². The zero-order valence-corrected chi connectivity index (χ0v) is 24.7. The summed E-state index contributed by atoms with van der Waals surface area (Å²) >= 11 is 1.35. The van der Waals surface area contributed by atoms with E-state index in [9.17, 15) is 13.6 Å². The van der Waals surface area contributed by atoms with Gasteiger partial charge in [0.05, 0.1) is 36.6 Å². The first-order valence-corrected chi connectivity index (χ1v) is 14.6. The lowest BCUT2D eigenvalue weighted by Crippen LogP contribution is -2.47. The van der Waals surface area contributed by atoms with Crippen LogP contribution in [-0.4, -0.2) is 60.4 Å². The normalized spacial score (nSPS) is 18.9. The molecule has 2 aromatic carbocycles. The topological polar surface area (TPSA) is 117 Å². The first-order chi connectivity index (χ1) is 21.8. The van der Waals surface area contributed by atoms with Gasteiger partial charge >= 0.3 is 6.09 Å². The van der Waals surface area contributed by atoms with Crippen molar-refractivity contribution in [2.75, 3.05) is 13.2 Å². The molecule has 0 aliphatic carbocycles. The number of hydrogen-bond acceptors (Lipinski definition) is 9. The Balaban J connectivity index is 1.31. The number of allylic oxidation sites excluding steroid dienone is 2. The van der Waals surface area contributed by atoms with E-state index in [1.54, 1.807) is 31.2 Å². The van der Waals surface area contributed by atoms with E-state index in [0.717, 1.165) is 16.7 Å². The van der Waals surface area contributed by atoms with Crippen LogP contribution in [0.2, 0.25) is 0 Å². The van der Waals surface area contributed by atoms with Crippen molar-refractivity contribution in [2.45, 2.75) is 35.9 Å². The largest absolute Gasteiger partial charge is 0.434 e. The Morgan fingerprint density at radius 1 is 1.16 bits per heavy atom. The fourth-order valence-corrected chi connectivity index (χ4v) is 6.06. The minimum atomic E-state index is -1.68. The molecule has 1 aliphatic rings. The second kappa shape index (κ2) is 14.4. The highest BCUT2D eigenvalue weighted by atomic mass is 32.2. The molecule has 3 heterocycles. The average Bonchev–Trinajstić information content (AvgIpc) is 3.75. The lowest BCUT2D eigenvalue weighted by atomic mass is 9.89. The second-order valence-electron chi connectivity index (χ2n) is 9.97. The predicted octanol–water partition coefficient (Wildman–Crippen LogP) is 5.48. The van der Waals surface area contributed by atoms with Crippen molar-refractivity contribution in [2.24, 2.45) is 0 Å². The predicted molar refractivity (Wildman–Crippen MR) is 158 cm³/mol. The molecule has 1 fully saturated rings. The standard InChI is InChI=1S/C31H27F3N6O4S/c1-21(45-25-15-42-29(43-16-25)5-3-2-4-23-7-6-22(14-35)12-27(23)33)31(17-40-20-37-18-38-40,26-9-8-24(32)13-28(26)34)44-30(41)39-11-10-36-19-39/h2-13,18-21,25,29H,15-17H2,1H3/t21-,25?,29?,31-/m1/s1. The molecule has 4 aromatic rings. The van der Waals surface area contributed by atoms with Gasteiger partial charge in [-0.15, -0.1) is 11.8 Å². The molecule has 45 heavy (non-hydrogen) atoms. The number of thioether (sulfide) groups is 1. The molecule has 14 heteroatoms. The minimum Gasteiger partial charge on any atom is -0.434 e. The van der Waals surface area contributed by atoms with Crippen LogP contribution < -0.4 is 0 Å². The van der Waals surface area contributed by atoms with E-state index in [-0.39, 0.29) is 36.1 Å². The molecule has 1 saturated heterocycles. The molecule has 0 unspecified atom stereocenters. The fourth-order valence-electron chi connectivity index (χ4n) is 4.70. The number of ether oxygens (including phenoxy) is 3. The van der Waals surface area contributed by atoms with E-state index in [1.807, 2.05) is 6.07 Å². The van der Waals surface area contributed by atoms with Crippen molar-refractivity contribution < 1.29 is 32.2 Å². The van der Waals surface area contributed by atoms with Crippen LogP contribution in [0.15, 0.2) is 86.0 Å². The quantitative estimate of drug-likeness (QED) is 0.209. The number of carbonyl (C=O) groups excluding carboxylic acids is 1. The Hall–Kier alpha value is -4.71. The second-order valence-corrected chi connectivity index (χ2v) is 11.6. The number of nitrogens with zero attached hydrogens (tertiary/aromatic N) is 6. The number of benzene rings is 2. The van der Waals surface area contributed by atoms with Crippen molar-refractivity contribution in [3.05, 3.63) is 120 Å². The number of carbonyl (C=O) groups is 1. The van der Waals surface area contributed by atoms with Gasteiger partial charge in [-0.3, -0.25) is 0 Å². The van der Waals surface area contributed by atoms with E-state index >= 15 is 4.39 Å². The van der Waals surface area contributed by atoms with Gasteiger partial charge in [-0.05, 0) is 37.3 Å². The molecule has 0 amide bonds. The molecule has 0 N–H and O–H groups in total. The molecule has 2 aromatic heterocycles. The van der Waals surface area contributed by atoms with Gasteiger partial charge in [-0.25, -0.2) is 37.2 Å². The monoisotopic (exact) mass is 636 g/mol. The van der Waals surface area contributed by atoms with Gasteiger partial charge in [0, 0.05) is 34.8 Å². The number of aromatic nitrogens is 5. The van der Waals surface area contributed by atoms with Crippen LogP contribution >= 0.6 is 11.8 Å². The van der Waals surface area contributed by atoms with Crippen LogP contribution in [0, 0.1) is 28.8 Å². The molecular weight excluding hydrogens is 609 g/mol. The molecular formula is C31H27F3N6O4S. The summed E-state index contributed by atoms with van der Waals surface area (Å²) in [6, 6.07) is 9.20. The van der Waals surface area contributed by atoms with E-state index in [1.165, 1.54) is 72.1 Å². The summed E-state index contributed by atoms with van der Waals surface area (Å²) in [7, 11) is 0. The van der Waals surface area contributed by atoms with Crippen LogP contribution in [0.25, 0.3) is 6.08 Å². The van der Waals surface area contributed by atoms with Gasteiger partial charge in [-0.2, -0.15) is 10.4 Å². The Morgan fingerprint density at radius 2 is 1.98 bits per heavy atom. The van der Waals surface area contributed by atoms with Crippen molar-refractivity contribution in [3.63, 3.8) is 0 Å². The summed E-state index contributed by atoms with van der Waals surface area (Å²) in [4.78, 5) is 21.1. The van der Waals surface area contributed by atoms with Crippen LogP contribution in [0.4, 0.5) is 18.0 Å². The maximum atomic E-state index is 15.5. The molecule has 0 radical (unpaired) electrons. The minimum absolute atomic E-state index is 0.0446. The first kappa shape index (κ1) is 31.7. The molecule has 232 valence electrons. The number of imidazole rings is 1. The fraction of sp³-hybridized carbons (Fsp3) is 0.258. The maximum Gasteiger partial charge on any atom is 0.420 e. The van der Waals surface area contributed by atoms with Crippen molar-refractivity contribution in [3.8, 4) is 6.07 Å². The van der Waals surface area contributed by atoms with E-state index in [4.69, 9.17) is 19.5 Å². The van der Waals surface area contributed by atoms with Crippen molar-refractivity contribution >= 4 is 23.9 Å². The number of rotatable bonds is 10. The SMILES string of the molecule is C[C@@H](SC1COC(C=CC=Cc2ccc(C#N)cc2F)OC1)[C@@](Cn1cncn1)(OC(=O)n1ccnc1)c1ccc(F)cc1F. The van der Waals surface area contributed by atoms with Gasteiger partial charge in [-0.1, -0.05) is 24.3 Å². The summed E-state index contributed by atoms with van der Waals surface area (Å²) in [5.74, 6) is -2.18. The number of hydrogen-bond donors (Lipinski definition) is 0. The molecule has 5 rings (SSSR count). The number of halogens is 3. The van der Waals surface area contributed by atoms with Gasteiger partial charge in [0.2, 0.25) is 0 Å². The van der Waals surface area contributed by atoms with Gasteiger partial charge < -0.3 is 14.2 Å². The average molecular weight is 637 g/mol. The van der Waals surface area contributed by atoms with Gasteiger partial charge in [0.1, 0.15) is 36.4 Å². The highest BCUT2D eigenvalue weighted by Crippen LogP contribution is 2.42. The Labute approximate surface area is 260 Å². The van der Waals surface area contributed by atoms with Crippen LogP contribution in [0.3, 0.4) is 0 Å². The Morgan fingerprint density at radius 3 is 2.64 bits per heavy atom. The summed E-state index contributed by atoms with van der Waals surface area (Å²) < 4.78 is 63.9. The van der Waals surface area contributed by atoms with E-state index in [2.05, 4.69) is 15.1 Å². The van der Waals surface area contributed by atoms with Crippen LogP contribution in [-0.2, 0) is 26.4 Å². The van der Waals surface area contributed by atoms with E-state index in [0.29, 0.717) is 5.56 Å². The Kier molecular flexibility index (Phi) is 10.1. The first-order valence-electron chi connectivity index (χ1n) is 13.7. The smallest absolute Gasteiger partial charge is 0.420 e. The molecule has 1 aliphatic heterocycles. The summed E-state index contributed by atoms with van der Waals surface area (Å²) in [5, 5.41) is 12.1. The van der Waals surface area contributed by atoms with Crippen LogP contribution in [0.1, 0.15) is 23.6 Å². The highest BCUT2D eigenvalue weighted by Gasteiger charge is 2.47. The third-order valence-electron chi connectivity index (χ3n) is 6.97. The molecule has 0 saturated carbocycles. The van der Waals surface area contributed by atoms with Crippen molar-refractivity contribution in [1.82, 2.24) is 24.3 Å². The van der Waals surface area contributed by atoms with Gasteiger partial charge in [0.25, 0.3) is 0 Å². The third-order valence-corrected chi connectivity index (χ3v) is 8.41. The zero-order chi connectivity index (χ0) is 31.8. The Bertz CT molecular complexity index is 1700. The maximum absolute atomic E-state index is 15.5. The lowest BCUT2D eigenvalue weighted by molar-refractivity contribution is -0.146. The van der Waals surface area contributed by atoms with Gasteiger partial charge in [0.15, 0.2) is 11.9 Å². The molecule has 10 nitrogen and oxygen atoms in total. The molecule has 0 spiro atoms. The highest BCUT2D eigenvalue weighted by molar-refractivity contribution is 8.00. The van der Waals surface area contributed by atoms with E-state index < -0.39 is 40.7 Å². The third kappa shape index (κ3) is 7.69. The molecule has 0 bridgehead atoms. The van der Waals surface area contributed by atoms with Crippen LogP contribution in [0.5, 0.6) is 0 Å². The summed E-state index contributed by atoms with van der Waals surface area (Å²) in [6.07, 6.45) is 11.8.